The van der Waals surface area contributed by atoms with Crippen molar-refractivity contribution in [3.63, 3.8) is 0 Å². The minimum Gasteiger partial charge on any atom is -0.315 e. The molecule has 4 N–H and O–H groups in total. The summed E-state index contributed by atoms with van der Waals surface area (Å²) in [5.41, 5.74) is 0. The number of unbranched alkanes of at least 4 members (excludes halogenated alkanes) is 41. The molecule has 0 radical (unpaired) electrons. The minimum absolute atomic E-state index is 1.02. The highest BCUT2D eigenvalue weighted by Gasteiger charge is 2.09. The van der Waals surface area contributed by atoms with E-state index >= 15 is 0 Å². The third kappa shape index (κ3) is 58.0. The number of rotatable bonds is 60. The van der Waals surface area contributed by atoms with Crippen molar-refractivity contribution >= 4 is 0 Å². The molecule has 0 heterocycles. The molecule has 0 aliphatic rings. The summed E-state index contributed by atoms with van der Waals surface area (Å²) in [6.07, 6.45) is 70.1. The van der Waals surface area contributed by atoms with Crippen molar-refractivity contribution < 1.29 is 0 Å². The highest BCUT2D eigenvalue weighted by molar-refractivity contribution is 4.63. The lowest BCUT2D eigenvalue weighted by Gasteiger charge is -2.17. The third-order valence-corrected chi connectivity index (χ3v) is 14.5. The van der Waals surface area contributed by atoms with Gasteiger partial charge in [-0.3, -0.25) is 0 Å². The lowest BCUT2D eigenvalue weighted by Crippen LogP contribution is -2.35. The van der Waals surface area contributed by atoms with Crippen LogP contribution in [0.1, 0.15) is 329 Å². The summed E-state index contributed by atoms with van der Waals surface area (Å²) < 4.78 is 0. The van der Waals surface area contributed by atoms with Crippen LogP contribution in [0.25, 0.3) is 0 Å². The Morgan fingerprint density at radius 3 is 0.531 bits per heavy atom. The molecule has 0 fully saturated rings. The van der Waals surface area contributed by atoms with E-state index < -0.39 is 0 Å². The molecule has 0 aromatic rings. The van der Waals surface area contributed by atoms with Crippen LogP contribution < -0.4 is 21.3 Å². The van der Waals surface area contributed by atoms with E-state index in [0.717, 1.165) is 45.2 Å². The number of nitrogens with one attached hydrogen (secondary N) is 4. The van der Waals surface area contributed by atoms with E-state index in [4.69, 9.17) is 0 Å². The fourth-order valence-corrected chi connectivity index (χ4v) is 10.0. The van der Waals surface area contributed by atoms with Crippen LogP contribution in [0.4, 0.5) is 0 Å². The van der Waals surface area contributed by atoms with Gasteiger partial charge in [0, 0.05) is 39.3 Å². The predicted octanol–water partition coefficient (Wildman–Crippen LogP) is 18.7. The van der Waals surface area contributed by atoms with Gasteiger partial charge in [-0.15, -0.1) is 0 Å². The average molecular weight is 904 g/mol. The molecule has 386 valence electrons. The maximum atomic E-state index is 3.65. The molecule has 0 bridgehead atoms. The first-order valence-electron chi connectivity index (χ1n) is 30.7. The van der Waals surface area contributed by atoms with Gasteiger partial charge in [0.15, 0.2) is 0 Å². The van der Waals surface area contributed by atoms with Gasteiger partial charge in [0.1, 0.15) is 0 Å². The fraction of sp³-hybridized carbons (Fsp3) is 1.00. The van der Waals surface area contributed by atoms with Crippen LogP contribution >= 0.6 is 0 Å². The van der Waals surface area contributed by atoms with Gasteiger partial charge in [0.25, 0.3) is 0 Å². The maximum Gasteiger partial charge on any atom is 0.00772 e. The average Bonchev–Trinajstić information content (AvgIpc) is 3.30. The smallest absolute Gasteiger partial charge is 0.00772 e. The Balaban J connectivity index is 3.59. The van der Waals surface area contributed by atoms with Crippen LogP contribution in [-0.4, -0.2) is 52.4 Å². The van der Waals surface area contributed by atoms with Crippen LogP contribution in [0.15, 0.2) is 0 Å². The first-order chi connectivity index (χ1) is 31.8. The van der Waals surface area contributed by atoms with Gasteiger partial charge in [-0.2, -0.15) is 0 Å². The summed E-state index contributed by atoms with van der Waals surface area (Å²) in [7, 11) is 0. The molecule has 4 nitrogen and oxygen atoms in total. The summed E-state index contributed by atoms with van der Waals surface area (Å²) in [6, 6.07) is 0. The van der Waals surface area contributed by atoms with E-state index in [0.29, 0.717) is 0 Å². The zero-order valence-electron chi connectivity index (χ0n) is 45.2. The predicted molar refractivity (Wildman–Crippen MR) is 294 cm³/mol. The highest BCUT2D eigenvalue weighted by atomic mass is 15.0. The highest BCUT2D eigenvalue weighted by Crippen LogP contribution is 2.25. The minimum atomic E-state index is 1.02. The molecule has 64 heavy (non-hydrogen) atoms. The standard InChI is InChI=1S/C60H126N4/c1-4-7-10-13-16-19-22-27-32-37-42-47-52-61-54-56-63-58-59-64-57-55-62-53-48-43-38-33-28-23-26-31-36-41-46-51-60(49-44-39-34-29-24-20-17-14-11-8-5-2)50-45-40-35-30-25-21-18-15-12-9-6-3/h60-64H,4-59H2,1-3H3. The molecular weight excluding hydrogens is 777 g/mol. The molecule has 0 aromatic heterocycles. The van der Waals surface area contributed by atoms with E-state index in [1.165, 1.54) is 321 Å². The second-order valence-corrected chi connectivity index (χ2v) is 21.1. The van der Waals surface area contributed by atoms with Crippen LogP contribution in [0.2, 0.25) is 0 Å². The van der Waals surface area contributed by atoms with Crippen molar-refractivity contribution in [1.82, 2.24) is 21.3 Å². The van der Waals surface area contributed by atoms with Gasteiger partial charge < -0.3 is 21.3 Å². The molecule has 0 saturated carbocycles. The summed E-state index contributed by atoms with van der Waals surface area (Å²) in [6.45, 7) is 15.8. The van der Waals surface area contributed by atoms with Gasteiger partial charge >= 0.3 is 0 Å². The van der Waals surface area contributed by atoms with Crippen molar-refractivity contribution in [3.8, 4) is 0 Å². The van der Waals surface area contributed by atoms with Crippen LogP contribution in [-0.2, 0) is 0 Å². The first-order valence-corrected chi connectivity index (χ1v) is 30.7. The van der Waals surface area contributed by atoms with Gasteiger partial charge in [-0.1, -0.05) is 316 Å². The lowest BCUT2D eigenvalue weighted by atomic mass is 9.89. The third-order valence-electron chi connectivity index (χ3n) is 14.5. The molecule has 0 amide bonds. The molecular formula is C60H126N4. The largest absolute Gasteiger partial charge is 0.315 e. The van der Waals surface area contributed by atoms with E-state index in [1.54, 1.807) is 0 Å². The molecule has 0 aromatic carbocycles. The number of hydrogen-bond acceptors (Lipinski definition) is 4. The fourth-order valence-electron chi connectivity index (χ4n) is 10.0. The van der Waals surface area contributed by atoms with E-state index in [-0.39, 0.29) is 0 Å². The molecule has 4 heteroatoms. The second-order valence-electron chi connectivity index (χ2n) is 21.1. The van der Waals surface area contributed by atoms with Crippen molar-refractivity contribution in [3.05, 3.63) is 0 Å². The quantitative estimate of drug-likeness (QED) is 0.0460. The van der Waals surface area contributed by atoms with Crippen molar-refractivity contribution in [2.75, 3.05) is 52.4 Å². The van der Waals surface area contributed by atoms with E-state index in [9.17, 15) is 0 Å². The molecule has 0 aliphatic heterocycles. The SMILES string of the molecule is CCCCCCCCCCCCCCNCCNCCNCCNCCCCCCCCCCCCCC(CCCCCCCCCCCCC)CCCCCCCCCCCCC. The Kier molecular flexibility index (Phi) is 60.7. The topological polar surface area (TPSA) is 48.1 Å². The second kappa shape index (κ2) is 60.9. The molecule has 0 aliphatic carbocycles. The van der Waals surface area contributed by atoms with E-state index in [1.807, 2.05) is 0 Å². The zero-order valence-corrected chi connectivity index (χ0v) is 45.2. The van der Waals surface area contributed by atoms with Gasteiger partial charge in [0.2, 0.25) is 0 Å². The molecule has 0 rings (SSSR count). The maximum absolute atomic E-state index is 3.65. The van der Waals surface area contributed by atoms with Gasteiger partial charge in [-0.05, 0) is 31.8 Å². The Morgan fingerprint density at radius 2 is 0.328 bits per heavy atom. The van der Waals surface area contributed by atoms with Crippen molar-refractivity contribution in [2.24, 2.45) is 5.92 Å². The molecule has 0 atom stereocenters. The summed E-state index contributed by atoms with van der Waals surface area (Å²) in [4.78, 5) is 0. The molecule has 0 unspecified atom stereocenters. The zero-order chi connectivity index (χ0) is 46.0. The summed E-state index contributed by atoms with van der Waals surface area (Å²) in [5, 5.41) is 14.4. The normalized spacial score (nSPS) is 11.8. The first kappa shape index (κ1) is 63.8. The van der Waals surface area contributed by atoms with Crippen molar-refractivity contribution in [1.29, 1.82) is 0 Å². The Labute approximate surface area is 406 Å². The van der Waals surface area contributed by atoms with Crippen LogP contribution in [0.3, 0.4) is 0 Å². The van der Waals surface area contributed by atoms with Crippen molar-refractivity contribution in [2.45, 2.75) is 329 Å². The monoisotopic (exact) mass is 903 g/mol. The summed E-state index contributed by atoms with van der Waals surface area (Å²) >= 11 is 0. The van der Waals surface area contributed by atoms with Gasteiger partial charge in [-0.25, -0.2) is 0 Å². The Bertz CT molecular complexity index is 749. The van der Waals surface area contributed by atoms with Crippen LogP contribution in [0, 0.1) is 5.92 Å². The molecule has 0 spiro atoms. The molecule has 0 saturated heterocycles. The van der Waals surface area contributed by atoms with Crippen LogP contribution in [0.5, 0.6) is 0 Å². The lowest BCUT2D eigenvalue weighted by molar-refractivity contribution is 0.365. The van der Waals surface area contributed by atoms with E-state index in [2.05, 4.69) is 42.0 Å². The summed E-state index contributed by atoms with van der Waals surface area (Å²) in [5.74, 6) is 1.02. The number of hydrogen-bond donors (Lipinski definition) is 4. The van der Waals surface area contributed by atoms with Gasteiger partial charge in [0.05, 0.1) is 0 Å². The Hall–Kier alpha value is -0.160. The Morgan fingerprint density at radius 1 is 0.172 bits per heavy atom.